The number of ether oxygens (including phenoxy) is 2. The number of rotatable bonds is 4. The number of hydrogen-bond donors (Lipinski definition) is 3. The predicted molar refractivity (Wildman–Crippen MR) is 55.0 cm³/mol. The quantitative estimate of drug-likeness (QED) is 0.585. The SMILES string of the molecule is CCOC(C)OCC.NC(=O)NC(N)=O. The molecule has 15 heavy (non-hydrogen) atoms. The molecule has 90 valence electrons. The van der Waals surface area contributed by atoms with Gasteiger partial charge in [-0.2, -0.15) is 0 Å². The molecule has 0 saturated carbocycles. The van der Waals surface area contributed by atoms with Crippen molar-refractivity contribution in [2.45, 2.75) is 27.1 Å². The minimum absolute atomic E-state index is 0.0370. The van der Waals surface area contributed by atoms with E-state index < -0.39 is 12.1 Å². The zero-order chi connectivity index (χ0) is 12.3. The van der Waals surface area contributed by atoms with Crippen molar-refractivity contribution < 1.29 is 19.1 Å². The fourth-order valence-electron chi connectivity index (χ4n) is 0.639. The molecule has 0 rings (SSSR count). The summed E-state index contributed by atoms with van der Waals surface area (Å²) >= 11 is 0. The lowest BCUT2D eigenvalue weighted by molar-refractivity contribution is -0.123. The van der Waals surface area contributed by atoms with Crippen LogP contribution in [0.2, 0.25) is 0 Å². The Labute approximate surface area is 89.1 Å². The Bertz CT molecular complexity index is 169. The summed E-state index contributed by atoms with van der Waals surface area (Å²) in [6, 6.07) is -1.88. The highest BCUT2D eigenvalue weighted by molar-refractivity contribution is 5.91. The van der Waals surface area contributed by atoms with Gasteiger partial charge in [0, 0.05) is 13.2 Å². The van der Waals surface area contributed by atoms with Gasteiger partial charge in [0.25, 0.3) is 0 Å². The first-order valence-corrected chi connectivity index (χ1v) is 4.53. The first kappa shape index (κ1) is 16.1. The zero-order valence-electron chi connectivity index (χ0n) is 9.28. The molecule has 7 nitrogen and oxygen atoms in total. The Kier molecular flexibility index (Phi) is 11.5. The van der Waals surface area contributed by atoms with Gasteiger partial charge >= 0.3 is 12.1 Å². The van der Waals surface area contributed by atoms with Crippen molar-refractivity contribution in [1.82, 2.24) is 5.32 Å². The topological polar surface area (TPSA) is 117 Å². The first-order valence-electron chi connectivity index (χ1n) is 4.53. The molecule has 4 amide bonds. The smallest absolute Gasteiger partial charge is 0.320 e. The van der Waals surface area contributed by atoms with Crippen molar-refractivity contribution in [2.75, 3.05) is 13.2 Å². The van der Waals surface area contributed by atoms with E-state index in [0.29, 0.717) is 0 Å². The molecule has 0 atom stereocenters. The Balaban J connectivity index is 0. The molecule has 7 heteroatoms. The molecule has 0 aliphatic rings. The van der Waals surface area contributed by atoms with E-state index in [1.54, 1.807) is 5.32 Å². The standard InChI is InChI=1S/C6H14O2.C2H5N3O2/c1-4-7-6(3)8-5-2;3-1(6)5-2(4)7/h6H,4-5H2,1-3H3;(H5,3,4,5,6,7). The second kappa shape index (κ2) is 10.7. The molecular weight excluding hydrogens is 202 g/mol. The molecule has 0 unspecified atom stereocenters. The highest BCUT2D eigenvalue weighted by atomic mass is 16.7. The molecule has 0 aromatic rings. The van der Waals surface area contributed by atoms with Crippen LogP contribution in [0.4, 0.5) is 9.59 Å². The van der Waals surface area contributed by atoms with Crippen LogP contribution in [-0.4, -0.2) is 31.6 Å². The summed E-state index contributed by atoms with van der Waals surface area (Å²) in [6.07, 6.45) is -0.0370. The van der Waals surface area contributed by atoms with Crippen LogP contribution in [0.1, 0.15) is 20.8 Å². The Morgan fingerprint density at radius 3 is 1.60 bits per heavy atom. The Morgan fingerprint density at radius 1 is 1.13 bits per heavy atom. The second-order valence-corrected chi connectivity index (χ2v) is 2.33. The van der Waals surface area contributed by atoms with Gasteiger partial charge in [-0.05, 0) is 20.8 Å². The van der Waals surface area contributed by atoms with Crippen LogP contribution in [0.3, 0.4) is 0 Å². The molecule has 0 spiro atoms. The molecule has 0 aliphatic heterocycles. The molecule has 5 N–H and O–H groups in total. The fraction of sp³-hybridized carbons (Fsp3) is 0.750. The fourth-order valence-corrected chi connectivity index (χ4v) is 0.639. The van der Waals surface area contributed by atoms with E-state index in [1.165, 1.54) is 0 Å². The van der Waals surface area contributed by atoms with Crippen LogP contribution >= 0.6 is 0 Å². The van der Waals surface area contributed by atoms with Crippen LogP contribution in [0.5, 0.6) is 0 Å². The van der Waals surface area contributed by atoms with Crippen molar-refractivity contribution in [3.63, 3.8) is 0 Å². The normalized spacial score (nSPS) is 9.07. The van der Waals surface area contributed by atoms with Crippen LogP contribution in [0.25, 0.3) is 0 Å². The van der Waals surface area contributed by atoms with Gasteiger partial charge in [0.1, 0.15) is 0 Å². The molecule has 0 aliphatic carbocycles. The van der Waals surface area contributed by atoms with Crippen LogP contribution < -0.4 is 16.8 Å². The van der Waals surface area contributed by atoms with Crippen LogP contribution in [0, 0.1) is 0 Å². The van der Waals surface area contributed by atoms with Crippen molar-refractivity contribution in [3.05, 3.63) is 0 Å². The number of imide groups is 1. The van der Waals surface area contributed by atoms with E-state index in [0.717, 1.165) is 13.2 Å². The van der Waals surface area contributed by atoms with E-state index in [1.807, 2.05) is 20.8 Å². The van der Waals surface area contributed by atoms with Crippen LogP contribution in [-0.2, 0) is 9.47 Å². The largest absolute Gasteiger partial charge is 0.353 e. The van der Waals surface area contributed by atoms with E-state index in [2.05, 4.69) is 11.5 Å². The predicted octanol–water partition coefficient (Wildman–Crippen LogP) is 0.139. The number of carbonyl (C=O) groups excluding carboxylic acids is 2. The molecule has 0 bridgehead atoms. The summed E-state index contributed by atoms with van der Waals surface area (Å²) in [5.74, 6) is 0. The number of hydrogen-bond acceptors (Lipinski definition) is 4. The number of nitrogens with two attached hydrogens (primary N) is 2. The zero-order valence-corrected chi connectivity index (χ0v) is 9.28. The molecular formula is C8H19N3O4. The van der Waals surface area contributed by atoms with Crippen molar-refractivity contribution >= 4 is 12.1 Å². The van der Waals surface area contributed by atoms with E-state index in [4.69, 9.17) is 9.47 Å². The summed E-state index contributed by atoms with van der Waals surface area (Å²) in [7, 11) is 0. The molecule has 0 fully saturated rings. The van der Waals surface area contributed by atoms with E-state index in [9.17, 15) is 9.59 Å². The van der Waals surface area contributed by atoms with Crippen LogP contribution in [0.15, 0.2) is 0 Å². The lowest BCUT2D eigenvalue weighted by Gasteiger charge is -2.09. The van der Waals surface area contributed by atoms with Gasteiger partial charge in [0.15, 0.2) is 6.29 Å². The van der Waals surface area contributed by atoms with Gasteiger partial charge in [-0.25, -0.2) is 9.59 Å². The maximum Gasteiger partial charge on any atom is 0.320 e. The summed E-state index contributed by atoms with van der Waals surface area (Å²) < 4.78 is 10.1. The van der Waals surface area contributed by atoms with E-state index in [-0.39, 0.29) is 6.29 Å². The van der Waals surface area contributed by atoms with Gasteiger partial charge in [-0.3, -0.25) is 5.32 Å². The van der Waals surface area contributed by atoms with Gasteiger partial charge in [-0.15, -0.1) is 0 Å². The summed E-state index contributed by atoms with van der Waals surface area (Å²) in [5.41, 5.74) is 8.88. The molecule has 0 saturated heterocycles. The minimum atomic E-state index is -0.938. The lowest BCUT2D eigenvalue weighted by atomic mass is 10.7. The lowest BCUT2D eigenvalue weighted by Crippen LogP contribution is -2.38. The summed E-state index contributed by atoms with van der Waals surface area (Å²) in [5, 5.41) is 1.58. The first-order chi connectivity index (χ1) is 6.93. The van der Waals surface area contributed by atoms with Gasteiger partial charge in [0.2, 0.25) is 0 Å². The number of carbonyl (C=O) groups is 2. The number of urea groups is 2. The summed E-state index contributed by atoms with van der Waals surface area (Å²) in [4.78, 5) is 19.2. The maximum absolute atomic E-state index is 9.62. The van der Waals surface area contributed by atoms with Crippen molar-refractivity contribution in [2.24, 2.45) is 11.5 Å². The Morgan fingerprint density at radius 2 is 1.47 bits per heavy atom. The molecule has 0 radical (unpaired) electrons. The van der Waals surface area contributed by atoms with E-state index >= 15 is 0 Å². The average Bonchev–Trinajstić information content (AvgIpc) is 2.03. The Hall–Kier alpha value is -1.34. The average molecular weight is 221 g/mol. The van der Waals surface area contributed by atoms with Gasteiger partial charge in [0.05, 0.1) is 0 Å². The molecule has 0 aromatic heterocycles. The maximum atomic E-state index is 9.62. The molecule has 0 heterocycles. The van der Waals surface area contributed by atoms with Crippen molar-refractivity contribution in [3.8, 4) is 0 Å². The van der Waals surface area contributed by atoms with Crippen molar-refractivity contribution in [1.29, 1.82) is 0 Å². The highest BCUT2D eigenvalue weighted by Crippen LogP contribution is 1.90. The van der Waals surface area contributed by atoms with Gasteiger partial charge < -0.3 is 20.9 Å². The highest BCUT2D eigenvalue weighted by Gasteiger charge is 1.94. The second-order valence-electron chi connectivity index (χ2n) is 2.33. The summed E-state index contributed by atoms with van der Waals surface area (Å²) in [6.45, 7) is 7.25. The minimum Gasteiger partial charge on any atom is -0.353 e. The number of amides is 4. The monoisotopic (exact) mass is 221 g/mol. The van der Waals surface area contributed by atoms with Gasteiger partial charge in [-0.1, -0.05) is 0 Å². The number of nitrogens with one attached hydrogen (secondary N) is 1. The third-order valence-corrected chi connectivity index (χ3v) is 1.05. The third kappa shape index (κ3) is 19.2. The molecule has 0 aromatic carbocycles. The number of primary amides is 2. The third-order valence-electron chi connectivity index (χ3n) is 1.05.